The molecule has 5 heteroatoms. The van der Waals surface area contributed by atoms with Crippen molar-refractivity contribution in [3.63, 3.8) is 0 Å². The maximum absolute atomic E-state index is 11.7. The van der Waals surface area contributed by atoms with Gasteiger partial charge in [-0.15, -0.1) is 0 Å². The van der Waals surface area contributed by atoms with Gasteiger partial charge in [-0.3, -0.25) is 9.59 Å². The molecule has 0 radical (unpaired) electrons. The van der Waals surface area contributed by atoms with E-state index in [1.54, 1.807) is 6.07 Å². The second kappa shape index (κ2) is 5.34. The molecule has 88 valence electrons. The number of amides is 1. The van der Waals surface area contributed by atoms with Crippen molar-refractivity contribution < 1.29 is 19.1 Å². The zero-order valence-corrected chi connectivity index (χ0v) is 9.32. The summed E-state index contributed by atoms with van der Waals surface area (Å²) in [6, 6.07) is 0.645. The fourth-order valence-electron chi connectivity index (χ4n) is 1.30. The van der Waals surface area contributed by atoms with Crippen molar-refractivity contribution in [1.29, 1.82) is 0 Å². The van der Waals surface area contributed by atoms with Crippen LogP contribution in [0.5, 0.6) is 0 Å². The van der Waals surface area contributed by atoms with Crippen molar-refractivity contribution in [2.24, 2.45) is 0 Å². The lowest BCUT2D eigenvalue weighted by atomic mass is 10.1. The second-order valence-corrected chi connectivity index (χ2v) is 3.54. The largest absolute Gasteiger partial charge is 0.480 e. The molecule has 0 unspecified atom stereocenters. The van der Waals surface area contributed by atoms with E-state index in [0.717, 1.165) is 6.42 Å². The van der Waals surface area contributed by atoms with Crippen molar-refractivity contribution in [1.82, 2.24) is 5.32 Å². The predicted molar refractivity (Wildman–Crippen MR) is 57.3 cm³/mol. The molecule has 0 spiro atoms. The number of hydrogen-bond donors (Lipinski definition) is 2. The minimum Gasteiger partial charge on any atom is -0.480 e. The molecule has 0 aliphatic rings. The summed E-state index contributed by atoms with van der Waals surface area (Å²) < 4.78 is 5.16. The lowest BCUT2D eigenvalue weighted by Crippen LogP contribution is -2.38. The first-order chi connectivity index (χ1) is 7.56. The minimum atomic E-state index is -1.06. The van der Waals surface area contributed by atoms with Gasteiger partial charge in [-0.05, 0) is 19.4 Å². The number of carboxylic acid groups (broad SMARTS) is 1. The van der Waals surface area contributed by atoms with E-state index in [0.29, 0.717) is 17.7 Å². The summed E-state index contributed by atoms with van der Waals surface area (Å²) in [6.07, 6.45) is 2.96. The SMILES string of the molecule is CCCc1occc1C(=O)N[C@@H](C)C(=O)O. The molecule has 0 aliphatic carbocycles. The number of carbonyl (C=O) groups excluding carboxylic acids is 1. The first-order valence-electron chi connectivity index (χ1n) is 5.16. The molecule has 2 N–H and O–H groups in total. The van der Waals surface area contributed by atoms with Crippen LogP contribution in [0.4, 0.5) is 0 Å². The third-order valence-corrected chi connectivity index (χ3v) is 2.19. The summed E-state index contributed by atoms with van der Waals surface area (Å²) in [6.45, 7) is 3.39. The van der Waals surface area contributed by atoms with Gasteiger partial charge in [-0.2, -0.15) is 0 Å². The van der Waals surface area contributed by atoms with Crippen molar-refractivity contribution in [2.45, 2.75) is 32.7 Å². The molecule has 0 aromatic carbocycles. The van der Waals surface area contributed by atoms with Crippen molar-refractivity contribution in [3.05, 3.63) is 23.7 Å². The predicted octanol–water partition coefficient (Wildman–Crippen LogP) is 1.44. The molecule has 1 aromatic rings. The van der Waals surface area contributed by atoms with Gasteiger partial charge in [0.1, 0.15) is 11.8 Å². The average molecular weight is 225 g/mol. The number of furan rings is 1. The highest BCUT2D eigenvalue weighted by atomic mass is 16.4. The summed E-state index contributed by atoms with van der Waals surface area (Å²) in [7, 11) is 0. The highest BCUT2D eigenvalue weighted by Gasteiger charge is 2.18. The van der Waals surface area contributed by atoms with Crippen LogP contribution in [0.2, 0.25) is 0 Å². The van der Waals surface area contributed by atoms with Gasteiger partial charge in [-0.25, -0.2) is 0 Å². The van der Waals surface area contributed by atoms with Gasteiger partial charge in [0.2, 0.25) is 0 Å². The number of carboxylic acids is 1. The van der Waals surface area contributed by atoms with Gasteiger partial charge in [0.15, 0.2) is 0 Å². The molecular formula is C11H15NO4. The average Bonchev–Trinajstić information content (AvgIpc) is 2.66. The summed E-state index contributed by atoms with van der Waals surface area (Å²) in [4.78, 5) is 22.3. The highest BCUT2D eigenvalue weighted by Crippen LogP contribution is 2.12. The lowest BCUT2D eigenvalue weighted by Gasteiger charge is -2.08. The quantitative estimate of drug-likeness (QED) is 0.794. The van der Waals surface area contributed by atoms with Crippen LogP contribution < -0.4 is 5.32 Å². The fraction of sp³-hybridized carbons (Fsp3) is 0.455. The first kappa shape index (κ1) is 12.3. The van der Waals surface area contributed by atoms with Crippen LogP contribution in [0.3, 0.4) is 0 Å². The molecule has 1 amide bonds. The van der Waals surface area contributed by atoms with Crippen LogP contribution in [0, 0.1) is 0 Å². The van der Waals surface area contributed by atoms with Gasteiger partial charge < -0.3 is 14.8 Å². The molecule has 1 aromatic heterocycles. The van der Waals surface area contributed by atoms with Crippen molar-refractivity contribution >= 4 is 11.9 Å². The molecule has 0 saturated heterocycles. The molecule has 5 nitrogen and oxygen atoms in total. The fourth-order valence-corrected chi connectivity index (χ4v) is 1.30. The monoisotopic (exact) mass is 225 g/mol. The highest BCUT2D eigenvalue weighted by molar-refractivity contribution is 5.97. The Morgan fingerprint density at radius 3 is 2.81 bits per heavy atom. The molecule has 0 fully saturated rings. The zero-order chi connectivity index (χ0) is 12.1. The summed E-state index contributed by atoms with van der Waals surface area (Å²) >= 11 is 0. The molecule has 0 saturated carbocycles. The Morgan fingerprint density at radius 2 is 2.25 bits per heavy atom. The lowest BCUT2D eigenvalue weighted by molar-refractivity contribution is -0.138. The van der Waals surface area contributed by atoms with Gasteiger partial charge in [0.25, 0.3) is 5.91 Å². The third-order valence-electron chi connectivity index (χ3n) is 2.19. The Kier molecular flexibility index (Phi) is 4.10. The summed E-state index contributed by atoms with van der Waals surface area (Å²) in [5.74, 6) is -0.876. The molecule has 1 rings (SSSR count). The van der Waals surface area contributed by atoms with E-state index in [2.05, 4.69) is 5.32 Å². The van der Waals surface area contributed by atoms with Crippen LogP contribution in [0.15, 0.2) is 16.7 Å². The molecule has 1 atom stereocenters. The maximum Gasteiger partial charge on any atom is 0.325 e. The Morgan fingerprint density at radius 1 is 1.56 bits per heavy atom. The van der Waals surface area contributed by atoms with E-state index < -0.39 is 17.9 Å². The van der Waals surface area contributed by atoms with Gasteiger partial charge in [0.05, 0.1) is 11.8 Å². The summed E-state index contributed by atoms with van der Waals surface area (Å²) in [5.41, 5.74) is 0.412. The Balaban J connectivity index is 2.72. The second-order valence-electron chi connectivity index (χ2n) is 3.54. The van der Waals surface area contributed by atoms with E-state index in [-0.39, 0.29) is 0 Å². The molecule has 1 heterocycles. The van der Waals surface area contributed by atoms with Gasteiger partial charge in [-0.1, -0.05) is 6.92 Å². The van der Waals surface area contributed by atoms with Crippen LogP contribution in [0.1, 0.15) is 36.4 Å². The maximum atomic E-state index is 11.7. The molecule has 0 aliphatic heterocycles. The number of carbonyl (C=O) groups is 2. The van der Waals surface area contributed by atoms with Gasteiger partial charge in [0, 0.05) is 6.42 Å². The van der Waals surface area contributed by atoms with Crippen LogP contribution in [0.25, 0.3) is 0 Å². The number of nitrogens with one attached hydrogen (secondary N) is 1. The zero-order valence-electron chi connectivity index (χ0n) is 9.32. The number of hydrogen-bond acceptors (Lipinski definition) is 3. The molecule has 16 heavy (non-hydrogen) atoms. The van der Waals surface area contributed by atoms with E-state index in [1.165, 1.54) is 13.2 Å². The minimum absolute atomic E-state index is 0.410. The Labute approximate surface area is 93.4 Å². The molecular weight excluding hydrogens is 210 g/mol. The topological polar surface area (TPSA) is 79.5 Å². The Hall–Kier alpha value is -1.78. The van der Waals surface area contributed by atoms with Gasteiger partial charge >= 0.3 is 5.97 Å². The van der Waals surface area contributed by atoms with Crippen LogP contribution in [-0.4, -0.2) is 23.0 Å². The van der Waals surface area contributed by atoms with E-state index in [9.17, 15) is 9.59 Å². The smallest absolute Gasteiger partial charge is 0.325 e. The van der Waals surface area contributed by atoms with Crippen molar-refractivity contribution in [2.75, 3.05) is 0 Å². The normalized spacial score (nSPS) is 12.1. The van der Waals surface area contributed by atoms with Crippen LogP contribution in [-0.2, 0) is 11.2 Å². The number of aliphatic carboxylic acids is 1. The first-order valence-corrected chi connectivity index (χ1v) is 5.16. The van der Waals surface area contributed by atoms with Crippen molar-refractivity contribution in [3.8, 4) is 0 Å². The number of rotatable bonds is 5. The standard InChI is InChI=1S/C11H15NO4/c1-3-4-9-8(5-6-16-9)10(13)12-7(2)11(14)15/h5-7H,3-4H2,1-2H3,(H,12,13)(H,14,15)/t7-/m0/s1. The van der Waals surface area contributed by atoms with Crippen LogP contribution >= 0.6 is 0 Å². The molecule has 0 bridgehead atoms. The van der Waals surface area contributed by atoms with E-state index in [1.807, 2.05) is 6.92 Å². The number of aryl methyl sites for hydroxylation is 1. The Bertz CT molecular complexity index is 383. The van der Waals surface area contributed by atoms with E-state index in [4.69, 9.17) is 9.52 Å². The third kappa shape index (κ3) is 2.85. The van der Waals surface area contributed by atoms with E-state index >= 15 is 0 Å². The summed E-state index contributed by atoms with van der Waals surface area (Å²) in [5, 5.41) is 11.0.